The van der Waals surface area contributed by atoms with Crippen LogP contribution in [0.25, 0.3) is 0 Å². The van der Waals surface area contributed by atoms with Crippen LogP contribution < -0.4 is 4.90 Å². The number of rotatable bonds is 1. The van der Waals surface area contributed by atoms with E-state index in [-0.39, 0.29) is 11.7 Å². The van der Waals surface area contributed by atoms with Crippen molar-refractivity contribution >= 4 is 5.82 Å². The summed E-state index contributed by atoms with van der Waals surface area (Å²) in [7, 11) is 0. The lowest BCUT2D eigenvalue weighted by atomic mass is 10.0. The fraction of sp³-hybridized carbons (Fsp3) is 0.571. The quantitative estimate of drug-likeness (QED) is 0.761. The third kappa shape index (κ3) is 2.62. The molecule has 0 saturated carbocycles. The van der Waals surface area contributed by atoms with E-state index in [2.05, 4.69) is 36.7 Å². The van der Waals surface area contributed by atoms with E-state index in [9.17, 15) is 5.26 Å². The molecule has 1 aliphatic heterocycles. The second-order valence-electron chi connectivity index (χ2n) is 5.50. The molecule has 2 heterocycles. The van der Waals surface area contributed by atoms with Crippen LogP contribution in [0.2, 0.25) is 0 Å². The number of nitrogens with zero attached hydrogens (tertiary/aromatic N) is 3. The minimum Gasteiger partial charge on any atom is -0.369 e. The van der Waals surface area contributed by atoms with Crippen LogP contribution in [-0.2, 0) is 4.74 Å². The Balaban J connectivity index is 2.36. The van der Waals surface area contributed by atoms with Gasteiger partial charge in [-0.05, 0) is 39.8 Å². The number of ether oxygens (including phenoxy) is 1. The van der Waals surface area contributed by atoms with Gasteiger partial charge in [0, 0.05) is 18.8 Å². The summed E-state index contributed by atoms with van der Waals surface area (Å²) in [6.07, 6.45) is 0.141. The number of nitriles is 1. The van der Waals surface area contributed by atoms with Gasteiger partial charge in [-0.1, -0.05) is 0 Å². The molecule has 1 aromatic heterocycles. The van der Waals surface area contributed by atoms with Gasteiger partial charge in [0.1, 0.15) is 11.9 Å². The average molecular weight is 245 g/mol. The number of aromatic nitrogens is 1. The van der Waals surface area contributed by atoms with E-state index in [0.717, 1.165) is 24.6 Å². The Bertz CT molecular complexity index is 490. The van der Waals surface area contributed by atoms with Gasteiger partial charge in [0.25, 0.3) is 0 Å². The van der Waals surface area contributed by atoms with Crippen molar-refractivity contribution in [1.29, 1.82) is 5.26 Å². The van der Waals surface area contributed by atoms with E-state index < -0.39 is 0 Å². The van der Waals surface area contributed by atoms with E-state index in [4.69, 9.17) is 4.74 Å². The summed E-state index contributed by atoms with van der Waals surface area (Å²) in [5.74, 6) is 0.778. The summed E-state index contributed by atoms with van der Waals surface area (Å²) in [5.41, 5.74) is 1.35. The van der Waals surface area contributed by atoms with Gasteiger partial charge >= 0.3 is 0 Å². The van der Waals surface area contributed by atoms with Crippen LogP contribution in [0, 0.1) is 18.3 Å². The lowest BCUT2D eigenvalue weighted by Gasteiger charge is -2.42. The van der Waals surface area contributed by atoms with Gasteiger partial charge in [0.2, 0.25) is 0 Å². The van der Waals surface area contributed by atoms with Crippen LogP contribution >= 0.6 is 0 Å². The van der Waals surface area contributed by atoms with Crippen molar-refractivity contribution in [1.82, 2.24) is 4.98 Å². The van der Waals surface area contributed by atoms with Gasteiger partial charge < -0.3 is 9.64 Å². The number of anilines is 1. The molecular weight excluding hydrogens is 226 g/mol. The van der Waals surface area contributed by atoms with E-state index >= 15 is 0 Å². The lowest BCUT2D eigenvalue weighted by Crippen LogP contribution is -2.52. The topological polar surface area (TPSA) is 49.2 Å². The van der Waals surface area contributed by atoms with E-state index in [1.807, 2.05) is 19.1 Å². The highest BCUT2D eigenvalue weighted by atomic mass is 16.5. The van der Waals surface area contributed by atoms with Gasteiger partial charge in [0.05, 0.1) is 17.3 Å². The number of morpholine rings is 1. The standard InChI is InChI=1S/C14H19N3O/c1-10-5-6-12(7-15)13(16-10)17-8-11(2)18-14(3,4)9-17/h5-6,11H,8-9H2,1-4H3. The minimum atomic E-state index is -0.212. The summed E-state index contributed by atoms with van der Waals surface area (Å²) in [4.78, 5) is 6.67. The molecule has 1 fully saturated rings. The highest BCUT2D eigenvalue weighted by molar-refractivity contribution is 5.55. The Hall–Kier alpha value is -1.60. The molecule has 0 aromatic carbocycles. The molecule has 18 heavy (non-hydrogen) atoms. The second kappa shape index (κ2) is 4.58. The molecular formula is C14H19N3O. The normalized spacial score (nSPS) is 22.6. The zero-order valence-corrected chi connectivity index (χ0v) is 11.4. The van der Waals surface area contributed by atoms with Crippen molar-refractivity contribution < 1.29 is 4.74 Å². The van der Waals surface area contributed by atoms with Crippen LogP contribution in [0.1, 0.15) is 32.0 Å². The van der Waals surface area contributed by atoms with Crippen LogP contribution in [-0.4, -0.2) is 29.8 Å². The zero-order chi connectivity index (χ0) is 13.3. The smallest absolute Gasteiger partial charge is 0.146 e. The van der Waals surface area contributed by atoms with E-state index in [1.54, 1.807) is 0 Å². The van der Waals surface area contributed by atoms with Gasteiger partial charge in [-0.25, -0.2) is 4.98 Å². The first-order valence-corrected chi connectivity index (χ1v) is 6.22. The van der Waals surface area contributed by atoms with Crippen molar-refractivity contribution in [2.75, 3.05) is 18.0 Å². The van der Waals surface area contributed by atoms with Crippen LogP contribution in [0.15, 0.2) is 12.1 Å². The molecule has 96 valence electrons. The van der Waals surface area contributed by atoms with Crippen molar-refractivity contribution in [2.24, 2.45) is 0 Å². The predicted octanol–water partition coefficient (Wildman–Crippen LogP) is 2.27. The number of hydrogen-bond donors (Lipinski definition) is 0. The summed E-state index contributed by atoms with van der Waals surface area (Å²) in [6.45, 7) is 9.65. The molecule has 2 rings (SSSR count). The molecule has 0 N–H and O–H groups in total. The Morgan fingerprint density at radius 1 is 1.50 bits per heavy atom. The number of pyridine rings is 1. The predicted molar refractivity (Wildman–Crippen MR) is 70.5 cm³/mol. The Morgan fingerprint density at radius 2 is 2.22 bits per heavy atom. The lowest BCUT2D eigenvalue weighted by molar-refractivity contribution is -0.0751. The molecule has 1 saturated heterocycles. The largest absolute Gasteiger partial charge is 0.369 e. The van der Waals surface area contributed by atoms with Crippen molar-refractivity contribution in [2.45, 2.75) is 39.4 Å². The first kappa shape index (κ1) is 12.8. The van der Waals surface area contributed by atoms with Crippen LogP contribution in [0.4, 0.5) is 5.82 Å². The maximum Gasteiger partial charge on any atom is 0.146 e. The van der Waals surface area contributed by atoms with Crippen LogP contribution in [0.5, 0.6) is 0 Å². The third-order valence-corrected chi connectivity index (χ3v) is 3.00. The van der Waals surface area contributed by atoms with Gasteiger partial charge in [-0.15, -0.1) is 0 Å². The molecule has 0 radical (unpaired) electrons. The molecule has 4 heteroatoms. The summed E-state index contributed by atoms with van der Waals surface area (Å²) >= 11 is 0. The first-order valence-electron chi connectivity index (χ1n) is 6.22. The Morgan fingerprint density at radius 3 is 2.83 bits per heavy atom. The molecule has 1 aromatic rings. The molecule has 1 atom stereocenters. The van der Waals surface area contributed by atoms with Crippen molar-refractivity contribution in [3.63, 3.8) is 0 Å². The van der Waals surface area contributed by atoms with Crippen LogP contribution in [0.3, 0.4) is 0 Å². The molecule has 0 amide bonds. The van der Waals surface area contributed by atoms with Gasteiger partial charge in [-0.2, -0.15) is 5.26 Å². The molecule has 1 aliphatic rings. The summed E-state index contributed by atoms with van der Waals surface area (Å²) < 4.78 is 5.88. The van der Waals surface area contributed by atoms with Crippen molar-refractivity contribution in [3.8, 4) is 6.07 Å². The SMILES string of the molecule is Cc1ccc(C#N)c(N2CC(C)OC(C)(C)C2)n1. The van der Waals surface area contributed by atoms with Crippen molar-refractivity contribution in [3.05, 3.63) is 23.4 Å². The van der Waals surface area contributed by atoms with E-state index in [1.165, 1.54) is 0 Å². The maximum atomic E-state index is 9.19. The molecule has 0 spiro atoms. The highest BCUT2D eigenvalue weighted by Crippen LogP contribution is 2.27. The zero-order valence-electron chi connectivity index (χ0n) is 11.4. The average Bonchev–Trinajstić information content (AvgIpc) is 2.26. The highest BCUT2D eigenvalue weighted by Gasteiger charge is 2.32. The molecule has 1 unspecified atom stereocenters. The third-order valence-electron chi connectivity index (χ3n) is 3.00. The number of hydrogen-bond acceptors (Lipinski definition) is 4. The van der Waals surface area contributed by atoms with Gasteiger partial charge in [0.15, 0.2) is 0 Å². The first-order chi connectivity index (χ1) is 8.41. The fourth-order valence-corrected chi connectivity index (χ4v) is 2.49. The molecule has 4 nitrogen and oxygen atoms in total. The molecule has 0 bridgehead atoms. The number of aryl methyl sites for hydroxylation is 1. The molecule has 0 aliphatic carbocycles. The minimum absolute atomic E-state index is 0.141. The Kier molecular flexibility index (Phi) is 3.27. The summed E-state index contributed by atoms with van der Waals surface area (Å²) in [5, 5.41) is 9.19. The van der Waals surface area contributed by atoms with Gasteiger partial charge in [-0.3, -0.25) is 0 Å². The monoisotopic (exact) mass is 245 g/mol. The maximum absolute atomic E-state index is 9.19. The van der Waals surface area contributed by atoms with E-state index in [0.29, 0.717) is 5.56 Å². The Labute approximate surface area is 108 Å². The fourth-order valence-electron chi connectivity index (χ4n) is 2.49. The summed E-state index contributed by atoms with van der Waals surface area (Å²) in [6, 6.07) is 5.93. The second-order valence-corrected chi connectivity index (χ2v) is 5.50.